The monoisotopic (exact) mass is 501 g/mol. The van der Waals surface area contributed by atoms with E-state index in [1.807, 2.05) is 0 Å². The van der Waals surface area contributed by atoms with Gasteiger partial charge in [-0.25, -0.2) is 0 Å². The standard InChI is InChI=1S/C38H31N/c1-23-26-17-11-18-30-34(26)39-35-29(23)21-25(28-16-10-9-15-27(28)24-13-7-6-8-14-24)22-33(35)38(4,5)32-20-12-19-31(36(32)39)37(30,2)3/h6-22H,1H2,2-5H3. The lowest BCUT2D eigenvalue weighted by Gasteiger charge is -2.52. The molecule has 1 nitrogen and oxygen atoms in total. The Kier molecular flexibility index (Phi) is 4.28. The molecule has 0 saturated carbocycles. The van der Waals surface area contributed by atoms with Gasteiger partial charge in [0.25, 0.3) is 0 Å². The molecule has 0 bridgehead atoms. The summed E-state index contributed by atoms with van der Waals surface area (Å²) in [4.78, 5) is 2.58. The summed E-state index contributed by atoms with van der Waals surface area (Å²) >= 11 is 0. The van der Waals surface area contributed by atoms with Gasteiger partial charge in [-0.2, -0.15) is 0 Å². The smallest absolute Gasteiger partial charge is 0.0581 e. The molecule has 0 atom stereocenters. The van der Waals surface area contributed by atoms with E-state index in [0.717, 1.165) is 5.57 Å². The number of rotatable bonds is 2. The Morgan fingerprint density at radius 1 is 0.462 bits per heavy atom. The van der Waals surface area contributed by atoms with Gasteiger partial charge in [0.2, 0.25) is 0 Å². The maximum Gasteiger partial charge on any atom is 0.0581 e. The summed E-state index contributed by atoms with van der Waals surface area (Å²) in [6.45, 7) is 14.3. The van der Waals surface area contributed by atoms with Crippen molar-refractivity contribution < 1.29 is 0 Å². The maximum atomic E-state index is 4.73. The van der Waals surface area contributed by atoms with E-state index in [9.17, 15) is 0 Å². The number of hydrogen-bond acceptors (Lipinski definition) is 1. The third kappa shape index (κ3) is 2.75. The molecule has 0 unspecified atom stereocenters. The van der Waals surface area contributed by atoms with Crippen LogP contribution >= 0.6 is 0 Å². The molecule has 0 N–H and O–H groups in total. The molecule has 3 heterocycles. The van der Waals surface area contributed by atoms with Crippen molar-refractivity contribution >= 4 is 22.6 Å². The predicted octanol–water partition coefficient (Wildman–Crippen LogP) is 10.1. The van der Waals surface area contributed by atoms with Crippen molar-refractivity contribution in [2.75, 3.05) is 4.90 Å². The topological polar surface area (TPSA) is 3.24 Å². The van der Waals surface area contributed by atoms with E-state index in [0.29, 0.717) is 0 Å². The van der Waals surface area contributed by atoms with E-state index in [1.54, 1.807) is 0 Å². The fourth-order valence-electron chi connectivity index (χ4n) is 7.44. The zero-order valence-corrected chi connectivity index (χ0v) is 23.0. The average Bonchev–Trinajstić information content (AvgIpc) is 2.96. The minimum Gasteiger partial charge on any atom is -0.308 e. The van der Waals surface area contributed by atoms with E-state index in [-0.39, 0.29) is 10.8 Å². The molecule has 0 saturated heterocycles. The minimum absolute atomic E-state index is 0.0902. The number of nitrogens with zero attached hydrogens (tertiary/aromatic N) is 1. The van der Waals surface area contributed by atoms with Crippen molar-refractivity contribution in [2.24, 2.45) is 0 Å². The van der Waals surface area contributed by atoms with Crippen LogP contribution in [0.2, 0.25) is 0 Å². The first kappa shape index (κ1) is 22.6. The molecule has 0 spiro atoms. The summed E-state index contributed by atoms with van der Waals surface area (Å²) in [5, 5.41) is 0. The van der Waals surface area contributed by atoms with E-state index < -0.39 is 0 Å². The Hall–Kier alpha value is -4.36. The summed E-state index contributed by atoms with van der Waals surface area (Å²) < 4.78 is 0. The first-order chi connectivity index (χ1) is 18.8. The zero-order valence-electron chi connectivity index (χ0n) is 23.0. The summed E-state index contributed by atoms with van der Waals surface area (Å²) in [6.07, 6.45) is 0. The quantitative estimate of drug-likeness (QED) is 0.228. The lowest BCUT2D eigenvalue weighted by atomic mass is 9.63. The number of benzene rings is 5. The van der Waals surface area contributed by atoms with Crippen LogP contribution in [0.25, 0.3) is 27.8 Å². The van der Waals surface area contributed by atoms with Crippen LogP contribution in [0, 0.1) is 0 Å². The van der Waals surface area contributed by atoms with Gasteiger partial charge in [0.05, 0.1) is 17.1 Å². The van der Waals surface area contributed by atoms with Crippen molar-refractivity contribution in [3.8, 4) is 22.3 Å². The highest BCUT2D eigenvalue weighted by atomic mass is 15.2. The van der Waals surface area contributed by atoms with Gasteiger partial charge in [0, 0.05) is 22.0 Å². The van der Waals surface area contributed by atoms with Crippen molar-refractivity contribution in [3.63, 3.8) is 0 Å². The van der Waals surface area contributed by atoms with Crippen LogP contribution in [0.5, 0.6) is 0 Å². The highest BCUT2D eigenvalue weighted by Crippen LogP contribution is 2.65. The Bertz CT molecular complexity index is 1870. The number of hydrogen-bond donors (Lipinski definition) is 0. The molecule has 0 aliphatic carbocycles. The lowest BCUT2D eigenvalue weighted by Crippen LogP contribution is -2.40. The average molecular weight is 502 g/mol. The number of anilines is 3. The zero-order chi connectivity index (χ0) is 26.7. The normalized spacial score (nSPS) is 16.6. The SMILES string of the molecule is C=C1c2cccc3c2N2c4c1cc(-c1ccccc1-c1ccccc1)cc4C(C)(C)c1cccc(c12)C3(C)C. The van der Waals surface area contributed by atoms with E-state index in [4.69, 9.17) is 6.58 Å². The molecule has 0 amide bonds. The molecule has 1 heteroatoms. The molecular weight excluding hydrogens is 470 g/mol. The highest BCUT2D eigenvalue weighted by molar-refractivity contribution is 6.08. The van der Waals surface area contributed by atoms with E-state index >= 15 is 0 Å². The van der Waals surface area contributed by atoms with Crippen molar-refractivity contribution in [2.45, 2.75) is 38.5 Å². The Morgan fingerprint density at radius 2 is 0.974 bits per heavy atom. The number of para-hydroxylation sites is 2. The fraction of sp³-hybridized carbons (Fsp3) is 0.158. The highest BCUT2D eigenvalue weighted by Gasteiger charge is 2.48. The molecule has 0 fully saturated rings. The Balaban J connectivity index is 1.48. The van der Waals surface area contributed by atoms with Crippen molar-refractivity contribution in [1.82, 2.24) is 0 Å². The Labute approximate surface area is 231 Å². The van der Waals surface area contributed by atoms with Gasteiger partial charge in [-0.15, -0.1) is 0 Å². The molecule has 3 aliphatic heterocycles. The van der Waals surface area contributed by atoms with Gasteiger partial charge in [0.1, 0.15) is 0 Å². The van der Waals surface area contributed by atoms with Crippen molar-refractivity contribution in [1.29, 1.82) is 0 Å². The van der Waals surface area contributed by atoms with Gasteiger partial charge in [-0.1, -0.05) is 125 Å². The van der Waals surface area contributed by atoms with E-state index in [2.05, 4.69) is 136 Å². The second-order valence-electron chi connectivity index (χ2n) is 12.3. The summed E-state index contributed by atoms with van der Waals surface area (Å²) in [5.74, 6) is 0. The van der Waals surface area contributed by atoms with Gasteiger partial charge in [0.15, 0.2) is 0 Å². The summed E-state index contributed by atoms with van der Waals surface area (Å²) in [6, 6.07) is 38.1. The van der Waals surface area contributed by atoms with E-state index in [1.165, 1.54) is 72.7 Å². The molecule has 188 valence electrons. The van der Waals surface area contributed by atoms with Crippen LogP contribution in [0.15, 0.2) is 110 Å². The second kappa shape index (κ2) is 7.39. The fourth-order valence-corrected chi connectivity index (χ4v) is 7.44. The minimum atomic E-state index is -0.163. The van der Waals surface area contributed by atoms with Crippen LogP contribution in [0.4, 0.5) is 17.1 Å². The lowest BCUT2D eigenvalue weighted by molar-refractivity contribution is 0.596. The third-order valence-electron chi connectivity index (χ3n) is 9.52. The van der Waals surface area contributed by atoms with Crippen LogP contribution in [-0.4, -0.2) is 0 Å². The van der Waals surface area contributed by atoms with Crippen LogP contribution in [-0.2, 0) is 10.8 Å². The van der Waals surface area contributed by atoms with Gasteiger partial charge < -0.3 is 4.90 Å². The maximum absolute atomic E-state index is 4.73. The largest absolute Gasteiger partial charge is 0.308 e. The molecule has 5 aromatic carbocycles. The predicted molar refractivity (Wildman–Crippen MR) is 164 cm³/mol. The first-order valence-corrected chi connectivity index (χ1v) is 13.9. The van der Waals surface area contributed by atoms with Crippen LogP contribution in [0.3, 0.4) is 0 Å². The molecule has 3 aliphatic rings. The van der Waals surface area contributed by atoms with Crippen LogP contribution in [0.1, 0.15) is 61.1 Å². The summed E-state index contributed by atoms with van der Waals surface area (Å²) in [7, 11) is 0. The molecule has 5 aromatic rings. The molecule has 8 rings (SSSR count). The molecular formula is C38H31N. The second-order valence-corrected chi connectivity index (χ2v) is 12.3. The molecule has 0 aromatic heterocycles. The van der Waals surface area contributed by atoms with Gasteiger partial charge in [-0.05, 0) is 62.2 Å². The van der Waals surface area contributed by atoms with Crippen molar-refractivity contribution in [3.05, 3.63) is 143 Å². The Morgan fingerprint density at radius 3 is 1.67 bits per heavy atom. The molecule has 0 radical (unpaired) electrons. The van der Waals surface area contributed by atoms with Gasteiger partial charge >= 0.3 is 0 Å². The van der Waals surface area contributed by atoms with Crippen LogP contribution < -0.4 is 4.90 Å². The first-order valence-electron chi connectivity index (χ1n) is 13.9. The summed E-state index contributed by atoms with van der Waals surface area (Å²) in [5.41, 5.74) is 17.9. The van der Waals surface area contributed by atoms with Gasteiger partial charge in [-0.3, -0.25) is 0 Å². The molecule has 39 heavy (non-hydrogen) atoms. The third-order valence-corrected chi connectivity index (χ3v) is 9.52.